The first kappa shape index (κ1) is 28.2. The molecule has 0 spiro atoms. The lowest BCUT2D eigenvalue weighted by Crippen LogP contribution is -2.42. The van der Waals surface area contributed by atoms with Crippen LogP contribution in [0.5, 0.6) is 11.5 Å². The Kier molecular flexibility index (Phi) is 8.49. The number of fused-ring (bicyclic) bond motifs is 1. The summed E-state index contributed by atoms with van der Waals surface area (Å²) in [5.41, 5.74) is 0.702. The summed E-state index contributed by atoms with van der Waals surface area (Å²) in [5, 5.41) is 3.94. The van der Waals surface area contributed by atoms with Crippen molar-refractivity contribution in [3.8, 4) is 11.5 Å². The van der Waals surface area contributed by atoms with Gasteiger partial charge in [-0.3, -0.25) is 0 Å². The van der Waals surface area contributed by atoms with E-state index in [1.54, 1.807) is 11.0 Å². The zero-order valence-corrected chi connectivity index (χ0v) is 24.0. The summed E-state index contributed by atoms with van der Waals surface area (Å²) in [7, 11) is 0. The molecule has 1 amide bonds. The molecule has 5 rings (SSSR count). The molecule has 2 aliphatic rings. The number of nitrogens with one attached hydrogen (secondary N) is 1. The van der Waals surface area contributed by atoms with Crippen LogP contribution in [0, 0.1) is 11.7 Å². The van der Waals surface area contributed by atoms with Crippen LogP contribution in [0.4, 0.5) is 20.7 Å². The molecule has 1 aromatic heterocycles. The molecule has 8 nitrogen and oxygen atoms in total. The minimum atomic E-state index is -0.567. The van der Waals surface area contributed by atoms with Gasteiger partial charge >= 0.3 is 6.09 Å². The van der Waals surface area contributed by atoms with Crippen LogP contribution in [-0.4, -0.2) is 52.4 Å². The highest BCUT2D eigenvalue weighted by atomic mass is 35.5. The monoisotopic (exact) mass is 570 g/mol. The fourth-order valence-corrected chi connectivity index (χ4v) is 5.42. The normalized spacial score (nSPS) is 17.8. The van der Waals surface area contributed by atoms with E-state index in [9.17, 15) is 9.18 Å². The van der Waals surface area contributed by atoms with E-state index >= 15 is 0 Å². The van der Waals surface area contributed by atoms with Gasteiger partial charge < -0.3 is 24.4 Å². The first-order valence-corrected chi connectivity index (χ1v) is 14.3. The lowest BCUT2D eigenvalue weighted by Gasteiger charge is -2.28. The lowest BCUT2D eigenvalue weighted by atomic mass is 10.1. The molecular weight excluding hydrogens is 535 g/mol. The van der Waals surface area contributed by atoms with Crippen molar-refractivity contribution >= 4 is 40.1 Å². The number of amides is 1. The second kappa shape index (κ2) is 12.0. The molecule has 0 bridgehead atoms. The number of carbonyl (C=O) groups is 1. The summed E-state index contributed by atoms with van der Waals surface area (Å²) in [6, 6.07) is 8.02. The number of carbonyl (C=O) groups excluding carboxylic acids is 1. The van der Waals surface area contributed by atoms with E-state index in [0.717, 1.165) is 25.7 Å². The Balaban J connectivity index is 1.41. The number of hydrogen-bond donors (Lipinski definition) is 1. The van der Waals surface area contributed by atoms with Crippen LogP contribution < -0.4 is 14.8 Å². The Morgan fingerprint density at radius 3 is 2.55 bits per heavy atom. The predicted octanol–water partition coefficient (Wildman–Crippen LogP) is 7.51. The van der Waals surface area contributed by atoms with Crippen molar-refractivity contribution in [2.24, 2.45) is 5.92 Å². The van der Waals surface area contributed by atoms with Crippen molar-refractivity contribution in [1.29, 1.82) is 0 Å². The number of likely N-dealkylation sites (tertiary alicyclic amines) is 1. The Morgan fingerprint density at radius 1 is 1.05 bits per heavy atom. The SMILES string of the molecule is CC(C)(C)OC(=O)N1CCCC1COc1cc2c(Nc3ccc(F)c(Cl)c3)ncnc2cc1OCC1CCCC1. The molecule has 10 heteroatoms. The van der Waals surface area contributed by atoms with E-state index in [0.29, 0.717) is 59.6 Å². The first-order chi connectivity index (χ1) is 19.2. The van der Waals surface area contributed by atoms with E-state index in [-0.39, 0.29) is 17.2 Å². The molecule has 2 fully saturated rings. The van der Waals surface area contributed by atoms with Gasteiger partial charge in [0.25, 0.3) is 0 Å². The summed E-state index contributed by atoms with van der Waals surface area (Å²) in [4.78, 5) is 23.4. The molecule has 40 heavy (non-hydrogen) atoms. The van der Waals surface area contributed by atoms with Crippen LogP contribution in [0.25, 0.3) is 10.9 Å². The van der Waals surface area contributed by atoms with Gasteiger partial charge in [-0.1, -0.05) is 24.4 Å². The Morgan fingerprint density at radius 2 is 1.80 bits per heavy atom. The van der Waals surface area contributed by atoms with Crippen LogP contribution in [0.15, 0.2) is 36.7 Å². The third kappa shape index (κ3) is 6.86. The fourth-order valence-electron chi connectivity index (χ4n) is 5.24. The Bertz CT molecular complexity index is 1360. The van der Waals surface area contributed by atoms with Gasteiger partial charge in [-0.2, -0.15) is 0 Å². The van der Waals surface area contributed by atoms with E-state index in [4.69, 9.17) is 25.8 Å². The van der Waals surface area contributed by atoms with Gasteiger partial charge in [-0.05, 0) is 76.6 Å². The van der Waals surface area contributed by atoms with Crippen LogP contribution >= 0.6 is 11.6 Å². The van der Waals surface area contributed by atoms with Gasteiger partial charge in [-0.15, -0.1) is 0 Å². The summed E-state index contributed by atoms with van der Waals surface area (Å²) < 4.78 is 32.0. The van der Waals surface area contributed by atoms with E-state index < -0.39 is 11.4 Å². The summed E-state index contributed by atoms with van der Waals surface area (Å²) in [6.07, 6.45) is 7.63. The zero-order valence-electron chi connectivity index (χ0n) is 23.2. The standard InChI is InChI=1S/C30H36ClFN4O4/c1-30(2,3)40-29(37)36-12-6-9-21(36)17-39-26-14-22-25(15-27(26)38-16-19-7-4-5-8-19)33-18-34-28(22)35-20-10-11-24(32)23(31)13-20/h10-11,13-15,18-19,21H,4-9,12,16-17H2,1-3H3,(H,33,34,35). The largest absolute Gasteiger partial charge is 0.489 e. The molecule has 1 aliphatic heterocycles. The molecule has 1 saturated heterocycles. The van der Waals surface area contributed by atoms with Gasteiger partial charge in [0.15, 0.2) is 11.5 Å². The number of nitrogens with zero attached hydrogens (tertiary/aromatic N) is 3. The Labute approximate surface area is 239 Å². The average molecular weight is 571 g/mol. The van der Waals surface area contributed by atoms with Crippen LogP contribution in [0.1, 0.15) is 59.3 Å². The summed E-state index contributed by atoms with van der Waals surface area (Å²) in [5.74, 6) is 1.71. The number of hydrogen-bond acceptors (Lipinski definition) is 7. The van der Waals surface area contributed by atoms with Gasteiger partial charge in [0.2, 0.25) is 0 Å². The topological polar surface area (TPSA) is 85.8 Å². The van der Waals surface area contributed by atoms with Crippen LogP contribution in [0.3, 0.4) is 0 Å². The van der Waals surface area contributed by atoms with E-state index in [1.165, 1.54) is 31.3 Å². The second-order valence-corrected chi connectivity index (χ2v) is 11.9. The summed E-state index contributed by atoms with van der Waals surface area (Å²) >= 11 is 5.98. The third-order valence-electron chi connectivity index (χ3n) is 7.27. The van der Waals surface area contributed by atoms with Gasteiger partial charge in [0.05, 0.1) is 23.2 Å². The maximum absolute atomic E-state index is 13.7. The van der Waals surface area contributed by atoms with E-state index in [2.05, 4.69) is 15.3 Å². The quantitative estimate of drug-likeness (QED) is 0.300. The first-order valence-electron chi connectivity index (χ1n) is 13.9. The van der Waals surface area contributed by atoms with Crippen molar-refractivity contribution in [3.63, 3.8) is 0 Å². The highest BCUT2D eigenvalue weighted by molar-refractivity contribution is 6.31. The minimum absolute atomic E-state index is 0.0149. The minimum Gasteiger partial charge on any atom is -0.489 e. The molecule has 1 unspecified atom stereocenters. The molecule has 3 aromatic rings. The second-order valence-electron chi connectivity index (χ2n) is 11.5. The summed E-state index contributed by atoms with van der Waals surface area (Å²) in [6.45, 7) is 7.14. The highest BCUT2D eigenvalue weighted by Gasteiger charge is 2.33. The van der Waals surface area contributed by atoms with Crippen molar-refractivity contribution < 1.29 is 23.4 Å². The van der Waals surface area contributed by atoms with E-state index in [1.807, 2.05) is 32.9 Å². The average Bonchev–Trinajstić information content (AvgIpc) is 3.60. The molecule has 214 valence electrons. The maximum Gasteiger partial charge on any atom is 0.410 e. The molecule has 2 heterocycles. The molecule has 1 saturated carbocycles. The molecule has 1 aliphatic carbocycles. The van der Waals surface area contributed by atoms with Gasteiger partial charge in [0.1, 0.15) is 30.2 Å². The smallest absolute Gasteiger partial charge is 0.410 e. The number of anilines is 2. The number of ether oxygens (including phenoxy) is 3. The highest BCUT2D eigenvalue weighted by Crippen LogP contribution is 2.37. The third-order valence-corrected chi connectivity index (χ3v) is 7.56. The molecule has 1 atom stereocenters. The number of benzene rings is 2. The fraction of sp³-hybridized carbons (Fsp3) is 0.500. The van der Waals surface area contributed by atoms with Gasteiger partial charge in [-0.25, -0.2) is 19.2 Å². The number of aromatic nitrogens is 2. The zero-order chi connectivity index (χ0) is 28.3. The van der Waals surface area contributed by atoms with Crippen LogP contribution in [-0.2, 0) is 4.74 Å². The van der Waals surface area contributed by atoms with Gasteiger partial charge in [0, 0.05) is 23.7 Å². The van der Waals surface area contributed by atoms with Crippen LogP contribution in [0.2, 0.25) is 5.02 Å². The van der Waals surface area contributed by atoms with Crippen molar-refractivity contribution in [3.05, 3.63) is 47.5 Å². The lowest BCUT2D eigenvalue weighted by molar-refractivity contribution is 0.0186. The number of halogens is 2. The van der Waals surface area contributed by atoms with Crippen molar-refractivity contribution in [2.45, 2.75) is 70.9 Å². The van der Waals surface area contributed by atoms with Crippen molar-refractivity contribution in [2.75, 3.05) is 25.1 Å². The molecule has 2 aromatic carbocycles. The maximum atomic E-state index is 13.7. The predicted molar refractivity (Wildman–Crippen MR) is 153 cm³/mol. The number of rotatable bonds is 8. The molecular formula is C30H36ClFN4O4. The molecule has 1 N–H and O–H groups in total. The Hall–Kier alpha value is -3.33. The van der Waals surface area contributed by atoms with Crippen molar-refractivity contribution in [1.82, 2.24) is 14.9 Å². The molecule has 0 radical (unpaired) electrons.